The molecule has 0 aliphatic rings. The number of carbonyl (C=O) groups is 5. The molecule has 19 nitrogen and oxygen atoms in total. The summed E-state index contributed by atoms with van der Waals surface area (Å²) < 4.78 is 33.5. The number of rotatable bonds is 33. The molecule has 2 heterocycles. The van der Waals surface area contributed by atoms with Crippen LogP contribution in [0.2, 0.25) is 0 Å². The highest BCUT2D eigenvalue weighted by Crippen LogP contribution is 2.23. The summed E-state index contributed by atoms with van der Waals surface area (Å²) in [5.41, 5.74) is 3.99. The van der Waals surface area contributed by atoms with Gasteiger partial charge in [0.1, 0.15) is 0 Å². The number of quaternary nitrogens is 2. The lowest BCUT2D eigenvalue weighted by Gasteiger charge is -2.30. The van der Waals surface area contributed by atoms with E-state index in [1.54, 1.807) is 25.0 Å². The normalized spacial score (nSPS) is 13.4. The molecule has 0 radical (unpaired) electrons. The van der Waals surface area contributed by atoms with Crippen LogP contribution >= 0.6 is 0 Å². The topological polar surface area (TPSA) is 271 Å². The standard InChI is InChI=1S/C26H41N5O5S.C26H39N5O4/c1-4-22(25(32)28-12-11-24-19-27-20-30-24)18-23(17-21-9-6-5-7-10-21)26(33)29-13-15-31(2,3)14-8-16-37(34,35)36;1-4-21(25(34)28-12-10-23-18-27-19-30-23)17-22(16-20-8-6-5-7-9-20)26(35)29-13-15-31(2,3)14-11-24(32)33/h5-7,9-10,19-20,22-23H,4,8,11-18H2,1-3H3,(H3-,27,28,29,30,32,33,34,35,36);5-9,18-19,21-22H,4,10-17H2,1-3H3,(H3-,27,28,29,30,32,33,34,35). The Hall–Kier alpha value is -5.96. The van der Waals surface area contributed by atoms with Crippen LogP contribution < -0.4 is 26.4 Å². The van der Waals surface area contributed by atoms with Crippen molar-refractivity contribution in [1.82, 2.24) is 41.2 Å². The van der Waals surface area contributed by atoms with E-state index < -0.39 is 16.1 Å². The number of carboxylic acid groups (broad SMARTS) is 1. The van der Waals surface area contributed by atoms with Gasteiger partial charge in [0, 0.05) is 97.9 Å². The summed E-state index contributed by atoms with van der Waals surface area (Å²) in [6, 6.07) is 19.6. The second-order valence-electron chi connectivity index (χ2n) is 19.8. The molecule has 4 rings (SSSR count). The summed E-state index contributed by atoms with van der Waals surface area (Å²) in [5.74, 6) is -3.02. The van der Waals surface area contributed by atoms with E-state index in [1.807, 2.05) is 103 Å². The largest absolute Gasteiger partial charge is 0.748 e. The van der Waals surface area contributed by atoms with Gasteiger partial charge in [-0.2, -0.15) is 0 Å². The molecule has 0 saturated carbocycles. The number of aromatic nitrogens is 4. The Labute approximate surface area is 426 Å². The van der Waals surface area contributed by atoms with Crippen molar-refractivity contribution in [3.8, 4) is 0 Å². The minimum Gasteiger partial charge on any atom is -0.748 e. The molecule has 4 atom stereocenters. The number of aliphatic carboxylic acids is 1. The van der Waals surface area contributed by atoms with Gasteiger partial charge in [-0.05, 0) is 49.7 Å². The molecular formula is C52H80N10O9S. The Kier molecular flexibility index (Phi) is 26.4. The summed E-state index contributed by atoms with van der Waals surface area (Å²) in [4.78, 5) is 77.0. The Bertz CT molecular complexity index is 2300. The number of hydrogen-bond donors (Lipinski definition) is 6. The second-order valence-corrected chi connectivity index (χ2v) is 21.3. The van der Waals surface area contributed by atoms with Gasteiger partial charge in [-0.3, -0.25) is 19.2 Å². The van der Waals surface area contributed by atoms with Gasteiger partial charge in [0.15, 0.2) is 0 Å². The number of imidazole rings is 2. The van der Waals surface area contributed by atoms with Gasteiger partial charge in [-0.25, -0.2) is 18.4 Å². The zero-order chi connectivity index (χ0) is 53.0. The van der Waals surface area contributed by atoms with E-state index >= 15 is 0 Å². The smallest absolute Gasteiger partial charge is 0.223 e. The van der Waals surface area contributed by atoms with Gasteiger partial charge < -0.3 is 54.7 Å². The molecule has 0 spiro atoms. The van der Waals surface area contributed by atoms with Gasteiger partial charge in [0.2, 0.25) is 23.6 Å². The highest BCUT2D eigenvalue weighted by atomic mass is 32.2. The highest BCUT2D eigenvalue weighted by molar-refractivity contribution is 7.85. The lowest BCUT2D eigenvalue weighted by Crippen LogP contribution is -2.48. The first kappa shape index (κ1) is 60.3. The summed E-state index contributed by atoms with van der Waals surface area (Å²) >= 11 is 0. The molecule has 6 N–H and O–H groups in total. The van der Waals surface area contributed by atoms with Crippen molar-refractivity contribution in [2.24, 2.45) is 23.7 Å². The van der Waals surface area contributed by atoms with Crippen molar-refractivity contribution in [2.45, 2.75) is 78.1 Å². The number of aromatic amines is 2. The van der Waals surface area contributed by atoms with E-state index in [0.717, 1.165) is 22.5 Å². The second kappa shape index (κ2) is 31.5. The van der Waals surface area contributed by atoms with Crippen molar-refractivity contribution in [3.05, 3.63) is 108 Å². The maximum absolute atomic E-state index is 13.2. The van der Waals surface area contributed by atoms with Crippen molar-refractivity contribution in [1.29, 1.82) is 0 Å². The third-order valence-electron chi connectivity index (χ3n) is 12.9. The number of amides is 4. The molecule has 0 aliphatic carbocycles. The van der Waals surface area contributed by atoms with Crippen LogP contribution in [0.3, 0.4) is 0 Å². The molecule has 4 unspecified atom stereocenters. The van der Waals surface area contributed by atoms with Crippen molar-refractivity contribution in [2.75, 3.05) is 86.3 Å². The quantitative estimate of drug-likeness (QED) is 0.0297. The number of carbonyl (C=O) groups excluding carboxylic acids is 5. The van der Waals surface area contributed by atoms with Crippen LogP contribution in [0.4, 0.5) is 0 Å². The van der Waals surface area contributed by atoms with Crippen LogP contribution in [-0.2, 0) is 59.8 Å². The third kappa shape index (κ3) is 25.4. The average Bonchev–Trinajstić information content (AvgIpc) is 4.06. The van der Waals surface area contributed by atoms with Gasteiger partial charge >= 0.3 is 0 Å². The number of H-pyrrole nitrogens is 2. The first-order chi connectivity index (χ1) is 34.2. The number of nitrogens with one attached hydrogen (secondary N) is 6. The maximum Gasteiger partial charge on any atom is 0.223 e. The van der Waals surface area contributed by atoms with Gasteiger partial charge in [0.25, 0.3) is 0 Å². The molecule has 4 aromatic rings. The van der Waals surface area contributed by atoms with Crippen LogP contribution in [0.15, 0.2) is 85.7 Å². The summed E-state index contributed by atoms with van der Waals surface area (Å²) in [6.07, 6.45) is 11.5. The molecule has 0 bridgehead atoms. The zero-order valence-corrected chi connectivity index (χ0v) is 44.0. The first-order valence-electron chi connectivity index (χ1n) is 25.1. The van der Waals surface area contributed by atoms with E-state index in [2.05, 4.69) is 41.2 Å². The number of likely N-dealkylation sites (N-methyl/N-ethyl adjacent to an activating group) is 2. The molecule has 2 aromatic carbocycles. The lowest BCUT2D eigenvalue weighted by molar-refractivity contribution is -0.889. The van der Waals surface area contributed by atoms with Crippen LogP contribution in [-0.4, -0.2) is 158 Å². The molecule has 0 saturated heterocycles. The fourth-order valence-corrected chi connectivity index (χ4v) is 8.76. The molecule has 0 fully saturated rings. The summed E-state index contributed by atoms with van der Waals surface area (Å²) in [7, 11) is 3.50. The summed E-state index contributed by atoms with van der Waals surface area (Å²) in [5, 5.41) is 22.8. The molecular weight excluding hydrogens is 941 g/mol. The molecule has 4 amide bonds. The number of nitrogens with zero attached hydrogens (tertiary/aromatic N) is 4. The SMILES string of the molecule is CCC(CC(Cc1ccccc1)C(=O)NCC[N+](C)(C)CCC(=O)[O-])C(=O)NCCc1cnc[nH]1.CCC(CC(Cc1ccccc1)C(=O)NCC[N+](C)(C)CCCS(=O)(=O)[O-])C(=O)NCCc1cnc[nH]1. The van der Waals surface area contributed by atoms with Crippen molar-refractivity contribution >= 4 is 39.7 Å². The predicted octanol–water partition coefficient (Wildman–Crippen LogP) is 2.15. The first-order valence-corrected chi connectivity index (χ1v) is 26.7. The highest BCUT2D eigenvalue weighted by Gasteiger charge is 2.29. The Morgan fingerprint density at radius 1 is 0.583 bits per heavy atom. The van der Waals surface area contributed by atoms with E-state index in [0.29, 0.717) is 113 Å². The van der Waals surface area contributed by atoms with Gasteiger partial charge in [-0.1, -0.05) is 74.5 Å². The van der Waals surface area contributed by atoms with E-state index in [4.69, 9.17) is 0 Å². The van der Waals surface area contributed by atoms with E-state index in [9.17, 15) is 42.0 Å². The Balaban J connectivity index is 0.000000381. The summed E-state index contributed by atoms with van der Waals surface area (Å²) in [6.45, 7) is 7.90. The van der Waals surface area contributed by atoms with Crippen LogP contribution in [0, 0.1) is 23.7 Å². The van der Waals surface area contributed by atoms with Gasteiger partial charge in [-0.15, -0.1) is 0 Å². The number of carboxylic acids is 1. The Morgan fingerprint density at radius 2 is 0.972 bits per heavy atom. The molecule has 20 heteroatoms. The monoisotopic (exact) mass is 1020 g/mol. The zero-order valence-electron chi connectivity index (χ0n) is 43.2. The molecule has 72 heavy (non-hydrogen) atoms. The minimum absolute atomic E-state index is 0.0226. The van der Waals surface area contributed by atoms with E-state index in [-0.39, 0.29) is 65.9 Å². The van der Waals surface area contributed by atoms with E-state index in [1.165, 1.54) is 0 Å². The lowest BCUT2D eigenvalue weighted by atomic mass is 9.87. The minimum atomic E-state index is -4.23. The third-order valence-corrected chi connectivity index (χ3v) is 13.7. The molecule has 2 aromatic heterocycles. The fourth-order valence-electron chi connectivity index (χ4n) is 8.28. The maximum atomic E-state index is 13.2. The van der Waals surface area contributed by atoms with Crippen LogP contribution in [0.1, 0.15) is 74.9 Å². The predicted molar refractivity (Wildman–Crippen MR) is 273 cm³/mol. The van der Waals surface area contributed by atoms with Crippen LogP contribution in [0.5, 0.6) is 0 Å². The fraction of sp³-hybridized carbons (Fsp3) is 0.558. The average molecular weight is 1020 g/mol. The Morgan fingerprint density at radius 3 is 1.33 bits per heavy atom. The number of hydrogen-bond acceptors (Lipinski definition) is 11. The van der Waals surface area contributed by atoms with Crippen LogP contribution in [0.25, 0.3) is 0 Å². The molecule has 398 valence electrons. The van der Waals surface area contributed by atoms with Crippen molar-refractivity contribution < 1.29 is 51.0 Å². The van der Waals surface area contributed by atoms with Crippen molar-refractivity contribution in [3.63, 3.8) is 0 Å². The van der Waals surface area contributed by atoms with Gasteiger partial charge in [0.05, 0.1) is 90.2 Å². The number of benzene rings is 2. The molecule has 0 aliphatic heterocycles.